The summed E-state index contributed by atoms with van der Waals surface area (Å²) in [6, 6.07) is 5.79. The van der Waals surface area contributed by atoms with E-state index in [4.69, 9.17) is 10.5 Å². The molecule has 21 heavy (non-hydrogen) atoms. The molecular formula is C16H27N3O2. The summed E-state index contributed by atoms with van der Waals surface area (Å²) in [6.45, 7) is 5.28. The number of ether oxygens (including phenoxy) is 1. The Morgan fingerprint density at radius 2 is 2.19 bits per heavy atom. The van der Waals surface area contributed by atoms with Gasteiger partial charge < -0.3 is 20.7 Å². The lowest BCUT2D eigenvalue weighted by molar-refractivity contribution is -0.116. The average molecular weight is 293 g/mol. The molecule has 3 N–H and O–H groups in total. The highest BCUT2D eigenvalue weighted by molar-refractivity contribution is 5.93. The largest absolute Gasteiger partial charge is 0.497 e. The minimum absolute atomic E-state index is 0.00980. The summed E-state index contributed by atoms with van der Waals surface area (Å²) in [7, 11) is 3.67. The zero-order valence-corrected chi connectivity index (χ0v) is 13.5. The summed E-state index contributed by atoms with van der Waals surface area (Å²) in [5.74, 6) is 0.671. The summed E-state index contributed by atoms with van der Waals surface area (Å²) < 4.78 is 5.08. The van der Waals surface area contributed by atoms with Crippen LogP contribution in [0.4, 0.5) is 11.4 Å². The molecule has 0 saturated carbocycles. The Morgan fingerprint density at radius 1 is 1.48 bits per heavy atom. The number of amides is 1. The van der Waals surface area contributed by atoms with Crippen molar-refractivity contribution in [3.05, 3.63) is 18.2 Å². The van der Waals surface area contributed by atoms with Gasteiger partial charge in [0, 0.05) is 18.5 Å². The topological polar surface area (TPSA) is 67.6 Å². The molecule has 0 aliphatic carbocycles. The lowest BCUT2D eigenvalue weighted by Gasteiger charge is -2.23. The standard InChI is InChI=1S/C16H27N3O2/c1-5-12(2)19(3)10-6-7-16(20)18-15-9-8-13(21-4)11-14(15)17/h8-9,11-12H,5-7,10,17H2,1-4H3,(H,18,20). The van der Waals surface area contributed by atoms with Crippen molar-refractivity contribution in [3.63, 3.8) is 0 Å². The van der Waals surface area contributed by atoms with Crippen LogP contribution in [0.3, 0.4) is 0 Å². The molecular weight excluding hydrogens is 266 g/mol. The third kappa shape index (κ3) is 5.63. The first-order valence-electron chi connectivity index (χ1n) is 7.41. The van der Waals surface area contributed by atoms with E-state index < -0.39 is 0 Å². The second kappa shape index (κ2) is 8.52. The number of carbonyl (C=O) groups excluding carboxylic acids is 1. The number of anilines is 2. The maximum absolute atomic E-state index is 11.9. The number of nitrogens with zero attached hydrogens (tertiary/aromatic N) is 1. The molecule has 0 radical (unpaired) electrons. The van der Waals surface area contributed by atoms with Gasteiger partial charge in [-0.1, -0.05) is 6.92 Å². The Labute approximate surface area is 127 Å². The molecule has 0 saturated heterocycles. The van der Waals surface area contributed by atoms with Crippen LogP contribution in [0.2, 0.25) is 0 Å². The molecule has 118 valence electrons. The average Bonchev–Trinajstić information content (AvgIpc) is 2.48. The summed E-state index contributed by atoms with van der Waals surface area (Å²) >= 11 is 0. The number of nitrogen functional groups attached to an aromatic ring is 1. The minimum Gasteiger partial charge on any atom is -0.497 e. The highest BCUT2D eigenvalue weighted by Crippen LogP contribution is 2.24. The van der Waals surface area contributed by atoms with Gasteiger partial charge in [0.25, 0.3) is 0 Å². The number of nitrogens with one attached hydrogen (secondary N) is 1. The number of benzene rings is 1. The normalized spacial score (nSPS) is 12.2. The molecule has 5 heteroatoms. The summed E-state index contributed by atoms with van der Waals surface area (Å²) in [6.07, 6.45) is 2.44. The highest BCUT2D eigenvalue weighted by Gasteiger charge is 2.09. The fourth-order valence-electron chi connectivity index (χ4n) is 2.02. The van der Waals surface area contributed by atoms with Crippen LogP contribution in [0.1, 0.15) is 33.1 Å². The predicted molar refractivity (Wildman–Crippen MR) is 87.7 cm³/mol. The van der Waals surface area contributed by atoms with Gasteiger partial charge in [0.05, 0.1) is 18.5 Å². The summed E-state index contributed by atoms with van der Waals surface area (Å²) in [5.41, 5.74) is 7.03. The molecule has 1 unspecified atom stereocenters. The third-order valence-corrected chi connectivity index (χ3v) is 3.79. The second-order valence-corrected chi connectivity index (χ2v) is 5.34. The number of rotatable bonds is 8. The Balaban J connectivity index is 2.40. The number of hydrogen-bond donors (Lipinski definition) is 2. The molecule has 0 heterocycles. The van der Waals surface area contributed by atoms with E-state index in [-0.39, 0.29) is 5.91 Å². The quantitative estimate of drug-likeness (QED) is 0.723. The van der Waals surface area contributed by atoms with Crippen molar-refractivity contribution in [3.8, 4) is 5.75 Å². The molecule has 0 aliphatic heterocycles. The smallest absolute Gasteiger partial charge is 0.224 e. The van der Waals surface area contributed by atoms with Crippen LogP contribution in [0.25, 0.3) is 0 Å². The van der Waals surface area contributed by atoms with Crippen molar-refractivity contribution in [2.24, 2.45) is 0 Å². The lowest BCUT2D eigenvalue weighted by Crippen LogP contribution is -2.29. The van der Waals surface area contributed by atoms with Crippen molar-refractivity contribution in [2.75, 3.05) is 31.8 Å². The number of nitrogens with two attached hydrogens (primary N) is 1. The van der Waals surface area contributed by atoms with Gasteiger partial charge in [-0.2, -0.15) is 0 Å². The first kappa shape index (κ1) is 17.3. The number of methoxy groups -OCH3 is 1. The Kier molecular flexibility index (Phi) is 7.02. The van der Waals surface area contributed by atoms with Gasteiger partial charge in [0.2, 0.25) is 5.91 Å². The fourth-order valence-corrected chi connectivity index (χ4v) is 2.02. The molecule has 1 amide bonds. The molecule has 1 atom stereocenters. The monoisotopic (exact) mass is 293 g/mol. The second-order valence-electron chi connectivity index (χ2n) is 5.34. The van der Waals surface area contributed by atoms with E-state index in [1.54, 1.807) is 25.3 Å². The van der Waals surface area contributed by atoms with Gasteiger partial charge in [-0.3, -0.25) is 4.79 Å². The highest BCUT2D eigenvalue weighted by atomic mass is 16.5. The van der Waals surface area contributed by atoms with E-state index >= 15 is 0 Å². The predicted octanol–water partition coefficient (Wildman–Crippen LogP) is 2.73. The molecule has 1 aromatic rings. The van der Waals surface area contributed by atoms with Gasteiger partial charge in [-0.25, -0.2) is 0 Å². The SMILES string of the molecule is CCC(C)N(C)CCCC(=O)Nc1ccc(OC)cc1N. The van der Waals surface area contributed by atoms with Crippen LogP contribution in [0, 0.1) is 0 Å². The first-order chi connectivity index (χ1) is 9.97. The first-order valence-corrected chi connectivity index (χ1v) is 7.41. The van der Waals surface area contributed by atoms with Gasteiger partial charge in [-0.15, -0.1) is 0 Å². The molecule has 0 aromatic heterocycles. The van der Waals surface area contributed by atoms with Gasteiger partial charge in [-0.05, 0) is 45.5 Å². The van der Waals surface area contributed by atoms with Crippen LogP contribution in [0.5, 0.6) is 5.75 Å². The van der Waals surface area contributed by atoms with Gasteiger partial charge in [0.1, 0.15) is 5.75 Å². The third-order valence-electron chi connectivity index (χ3n) is 3.79. The van der Waals surface area contributed by atoms with Crippen molar-refractivity contribution >= 4 is 17.3 Å². The number of carbonyl (C=O) groups is 1. The van der Waals surface area contributed by atoms with E-state index in [1.807, 2.05) is 0 Å². The van der Waals surface area contributed by atoms with E-state index in [0.717, 1.165) is 19.4 Å². The van der Waals surface area contributed by atoms with Gasteiger partial charge in [0.15, 0.2) is 0 Å². The van der Waals surface area contributed by atoms with Gasteiger partial charge >= 0.3 is 0 Å². The summed E-state index contributed by atoms with van der Waals surface area (Å²) in [5, 5.41) is 2.84. The maximum Gasteiger partial charge on any atom is 0.224 e. The molecule has 0 aliphatic rings. The molecule has 1 rings (SSSR count). The zero-order chi connectivity index (χ0) is 15.8. The molecule has 0 spiro atoms. The van der Waals surface area contributed by atoms with Crippen LogP contribution >= 0.6 is 0 Å². The van der Waals surface area contributed by atoms with Crippen molar-refractivity contribution < 1.29 is 9.53 Å². The molecule has 0 bridgehead atoms. The Morgan fingerprint density at radius 3 is 2.76 bits per heavy atom. The van der Waals surface area contributed by atoms with E-state index in [9.17, 15) is 4.79 Å². The van der Waals surface area contributed by atoms with Crippen molar-refractivity contribution in [2.45, 2.75) is 39.2 Å². The zero-order valence-electron chi connectivity index (χ0n) is 13.5. The van der Waals surface area contributed by atoms with Crippen LogP contribution in [-0.2, 0) is 4.79 Å². The molecule has 1 aromatic carbocycles. The van der Waals surface area contributed by atoms with E-state index in [2.05, 4.69) is 31.1 Å². The van der Waals surface area contributed by atoms with Crippen LogP contribution in [0.15, 0.2) is 18.2 Å². The fraction of sp³-hybridized carbons (Fsp3) is 0.562. The number of hydrogen-bond acceptors (Lipinski definition) is 4. The van der Waals surface area contributed by atoms with Crippen LogP contribution in [-0.4, -0.2) is 37.6 Å². The van der Waals surface area contributed by atoms with Crippen LogP contribution < -0.4 is 15.8 Å². The van der Waals surface area contributed by atoms with Crippen molar-refractivity contribution in [1.29, 1.82) is 0 Å². The van der Waals surface area contributed by atoms with E-state index in [0.29, 0.717) is 29.6 Å². The van der Waals surface area contributed by atoms with Crippen molar-refractivity contribution in [1.82, 2.24) is 4.90 Å². The summed E-state index contributed by atoms with van der Waals surface area (Å²) in [4.78, 5) is 14.2. The van der Waals surface area contributed by atoms with E-state index in [1.165, 1.54) is 0 Å². The Bertz CT molecular complexity index is 463. The maximum atomic E-state index is 11.9. The minimum atomic E-state index is -0.00980. The molecule has 5 nitrogen and oxygen atoms in total. The Hall–Kier alpha value is -1.75. The lowest BCUT2D eigenvalue weighted by atomic mass is 10.2. The molecule has 0 fully saturated rings.